The normalized spacial score (nSPS) is 20.8. The quantitative estimate of drug-likeness (QED) is 0.342. The van der Waals surface area contributed by atoms with Gasteiger partial charge in [0.15, 0.2) is 0 Å². The number of nitrogens with zero attached hydrogens (tertiary/aromatic N) is 1. The van der Waals surface area contributed by atoms with Gasteiger partial charge in [-0.3, -0.25) is 14.4 Å². The lowest BCUT2D eigenvalue weighted by Gasteiger charge is -2.37. The van der Waals surface area contributed by atoms with Gasteiger partial charge in [-0.15, -0.1) is 0 Å². The maximum absolute atomic E-state index is 13.1. The van der Waals surface area contributed by atoms with Crippen molar-refractivity contribution in [3.8, 4) is 0 Å². The summed E-state index contributed by atoms with van der Waals surface area (Å²) in [7, 11) is 3.24. The number of rotatable bonds is 8. The molecule has 0 aliphatic heterocycles. The highest BCUT2D eigenvalue weighted by Crippen LogP contribution is 2.22. The van der Waals surface area contributed by atoms with E-state index in [-0.39, 0.29) is 17.7 Å². The summed E-state index contributed by atoms with van der Waals surface area (Å²) in [5.74, 6) is -0.702. The Bertz CT molecular complexity index is 839. The number of nitrogens with one attached hydrogen (secondary N) is 3. The van der Waals surface area contributed by atoms with Gasteiger partial charge in [0.05, 0.1) is 6.04 Å². The molecule has 0 saturated carbocycles. The largest absolute Gasteiger partial charge is 0.357 e. The molecule has 1 aliphatic rings. The lowest BCUT2D eigenvalue weighted by molar-refractivity contribution is -0.145. The predicted octanol–water partition coefficient (Wildman–Crippen LogP) is 5.68. The molecule has 224 valence electrons. The van der Waals surface area contributed by atoms with Gasteiger partial charge in [-0.1, -0.05) is 76.0 Å². The van der Waals surface area contributed by atoms with Crippen LogP contribution in [0.15, 0.2) is 35.5 Å². The fraction of sp³-hybridized carbons (Fsp3) is 0.719. The molecule has 1 aliphatic carbocycles. The van der Waals surface area contributed by atoms with E-state index in [9.17, 15) is 14.4 Å². The fourth-order valence-electron chi connectivity index (χ4n) is 4.23. The number of likely N-dealkylation sites (N-methyl/N-ethyl adjacent to an activating group) is 2. The van der Waals surface area contributed by atoms with Gasteiger partial charge in [0.25, 0.3) is 0 Å². The van der Waals surface area contributed by atoms with Crippen LogP contribution in [0.5, 0.6) is 0 Å². The summed E-state index contributed by atoms with van der Waals surface area (Å²) < 4.78 is 0. The van der Waals surface area contributed by atoms with E-state index in [0.29, 0.717) is 6.54 Å². The number of hydrogen-bond donors (Lipinski definition) is 3. The van der Waals surface area contributed by atoms with Crippen molar-refractivity contribution in [2.75, 3.05) is 20.6 Å². The van der Waals surface area contributed by atoms with Crippen molar-refractivity contribution < 1.29 is 14.4 Å². The highest BCUT2D eigenvalue weighted by Gasteiger charge is 2.38. The van der Waals surface area contributed by atoms with Crippen LogP contribution in [0.1, 0.15) is 107 Å². The zero-order chi connectivity index (χ0) is 30.0. The van der Waals surface area contributed by atoms with E-state index in [1.54, 1.807) is 38.4 Å². The van der Waals surface area contributed by atoms with E-state index >= 15 is 0 Å². The first-order valence-corrected chi connectivity index (χ1v) is 14.8. The van der Waals surface area contributed by atoms with Gasteiger partial charge >= 0.3 is 0 Å². The molecule has 0 aromatic carbocycles. The second-order valence-corrected chi connectivity index (χ2v) is 11.8. The van der Waals surface area contributed by atoms with Crippen LogP contribution in [0.4, 0.5) is 0 Å². The number of carbonyl (C=O) groups is 3. The van der Waals surface area contributed by atoms with Crippen molar-refractivity contribution >= 4 is 17.7 Å². The van der Waals surface area contributed by atoms with E-state index in [1.165, 1.54) is 44.1 Å². The molecule has 0 aromatic heterocycles. The molecule has 3 atom stereocenters. The lowest BCUT2D eigenvalue weighted by atomic mass is 9.85. The van der Waals surface area contributed by atoms with Gasteiger partial charge < -0.3 is 20.9 Å². The van der Waals surface area contributed by atoms with Crippen LogP contribution >= 0.6 is 0 Å². The van der Waals surface area contributed by atoms with E-state index in [1.807, 2.05) is 27.7 Å². The van der Waals surface area contributed by atoms with Crippen molar-refractivity contribution in [3.63, 3.8) is 0 Å². The summed E-state index contributed by atoms with van der Waals surface area (Å²) in [5, 5.41) is 8.27. The first kappa shape index (κ1) is 36.6. The Kier molecular flexibility index (Phi) is 18.4. The molecule has 0 aromatic rings. The minimum Gasteiger partial charge on any atom is -0.357 e. The van der Waals surface area contributed by atoms with Crippen LogP contribution in [0, 0.1) is 5.41 Å². The number of allylic oxidation sites excluding steroid dienone is 6. The third-order valence-corrected chi connectivity index (χ3v) is 7.08. The van der Waals surface area contributed by atoms with Crippen molar-refractivity contribution in [2.45, 2.75) is 125 Å². The molecule has 0 bridgehead atoms. The van der Waals surface area contributed by atoms with Crippen LogP contribution < -0.4 is 16.0 Å². The fourth-order valence-corrected chi connectivity index (χ4v) is 4.23. The van der Waals surface area contributed by atoms with Gasteiger partial charge in [0, 0.05) is 13.6 Å². The molecular formula is C32H58N4O3. The van der Waals surface area contributed by atoms with E-state index < -0.39 is 23.5 Å². The maximum Gasteiger partial charge on any atom is 0.246 e. The lowest BCUT2D eigenvalue weighted by Crippen LogP contribution is -2.60. The van der Waals surface area contributed by atoms with E-state index in [2.05, 4.69) is 54.1 Å². The molecule has 7 heteroatoms. The third-order valence-electron chi connectivity index (χ3n) is 7.08. The van der Waals surface area contributed by atoms with Crippen LogP contribution in [0.25, 0.3) is 0 Å². The Balaban J connectivity index is 0.000000820. The second kappa shape index (κ2) is 19.6. The highest BCUT2D eigenvalue weighted by atomic mass is 16.2. The molecule has 3 amide bonds. The number of hydrogen-bond acceptors (Lipinski definition) is 4. The molecular weight excluding hydrogens is 488 g/mol. The van der Waals surface area contributed by atoms with Gasteiger partial charge in [0.2, 0.25) is 17.7 Å². The summed E-state index contributed by atoms with van der Waals surface area (Å²) in [6.07, 6.45) is 19.0. The summed E-state index contributed by atoms with van der Waals surface area (Å²) in [5.41, 5.74) is 2.60. The van der Waals surface area contributed by atoms with Crippen molar-refractivity contribution in [2.24, 2.45) is 5.41 Å². The Labute approximate surface area is 239 Å². The van der Waals surface area contributed by atoms with Gasteiger partial charge in [-0.05, 0) is 78.7 Å². The molecule has 2 unspecified atom stereocenters. The Morgan fingerprint density at radius 1 is 0.949 bits per heavy atom. The molecule has 0 radical (unpaired) electrons. The van der Waals surface area contributed by atoms with E-state index in [0.717, 1.165) is 12.8 Å². The number of carbonyl (C=O) groups excluding carboxylic acids is 3. The Hall–Kier alpha value is -2.41. The smallest absolute Gasteiger partial charge is 0.246 e. The zero-order valence-electron chi connectivity index (χ0n) is 26.6. The van der Waals surface area contributed by atoms with Crippen LogP contribution in [0.3, 0.4) is 0 Å². The predicted molar refractivity (Wildman–Crippen MR) is 164 cm³/mol. The molecule has 39 heavy (non-hydrogen) atoms. The summed E-state index contributed by atoms with van der Waals surface area (Å²) in [4.78, 5) is 38.9. The zero-order valence-corrected chi connectivity index (χ0v) is 26.6. The summed E-state index contributed by atoms with van der Waals surface area (Å²) >= 11 is 0. The van der Waals surface area contributed by atoms with Crippen LogP contribution in [0.2, 0.25) is 0 Å². The minimum absolute atomic E-state index is 0.223. The average molecular weight is 547 g/mol. The first-order chi connectivity index (χ1) is 18.3. The average Bonchev–Trinajstić information content (AvgIpc) is 2.91. The monoisotopic (exact) mass is 546 g/mol. The maximum atomic E-state index is 13.1. The van der Waals surface area contributed by atoms with Gasteiger partial charge in [-0.25, -0.2) is 0 Å². The van der Waals surface area contributed by atoms with E-state index in [4.69, 9.17) is 0 Å². The number of amides is 3. The molecule has 1 rings (SSSR count). The topological polar surface area (TPSA) is 90.5 Å². The summed E-state index contributed by atoms with van der Waals surface area (Å²) in [6.45, 7) is 16.0. The summed E-state index contributed by atoms with van der Waals surface area (Å²) in [6, 6.07) is -1.70. The SMILES string of the molecule is C/C1=C\C=C/C/C=C(\C)CCCCCC1.CCCN(C(=O)C(NC(=O)[C@H](C)NC)C(C)(C)C)C(C)C(=O)NC. The Morgan fingerprint density at radius 2 is 1.54 bits per heavy atom. The van der Waals surface area contributed by atoms with Crippen molar-refractivity contribution in [1.29, 1.82) is 0 Å². The van der Waals surface area contributed by atoms with Gasteiger partial charge in [0.1, 0.15) is 12.1 Å². The molecule has 0 fully saturated rings. The Morgan fingerprint density at radius 3 is 2.05 bits per heavy atom. The molecule has 3 N–H and O–H groups in total. The highest BCUT2D eigenvalue weighted by molar-refractivity contribution is 5.93. The second-order valence-electron chi connectivity index (χ2n) is 11.8. The molecule has 0 heterocycles. The van der Waals surface area contributed by atoms with Crippen LogP contribution in [-0.4, -0.2) is 61.4 Å². The molecule has 0 spiro atoms. The minimum atomic E-state index is -0.709. The first-order valence-electron chi connectivity index (χ1n) is 14.8. The van der Waals surface area contributed by atoms with Crippen molar-refractivity contribution in [3.05, 3.63) is 35.5 Å². The van der Waals surface area contributed by atoms with Gasteiger partial charge in [-0.2, -0.15) is 0 Å². The van der Waals surface area contributed by atoms with Crippen molar-refractivity contribution in [1.82, 2.24) is 20.9 Å². The van der Waals surface area contributed by atoms with Crippen LogP contribution in [-0.2, 0) is 14.4 Å². The molecule has 7 nitrogen and oxygen atoms in total. The standard InChI is InChI=1S/C17H34N4O3.C15H24/c1-9-10-21(12(3)15(23)19-8)16(24)13(17(4,5)6)20-14(22)11(2)18-7;1-14-10-6-3-4-7-11-15(2)13-9-5-8-12-14/h11-13,18H,9-10H2,1-8H3,(H,19,23)(H,20,22);5,8,12-13H,3-4,6-7,9-11H2,1-2H3/b;8-5-,14-12+,15-13+/t11-,12?,13?;/m0./s1. The molecule has 0 saturated heterocycles. The third kappa shape index (κ3) is 15.1.